The van der Waals surface area contributed by atoms with Crippen molar-refractivity contribution in [2.75, 3.05) is 0 Å². The van der Waals surface area contributed by atoms with Gasteiger partial charge in [0.1, 0.15) is 0 Å². The van der Waals surface area contributed by atoms with Gasteiger partial charge in [-0.05, 0) is 41.6 Å². The molecule has 3 nitrogen and oxygen atoms in total. The molecule has 2 saturated carbocycles. The Kier molecular flexibility index (Phi) is 3.32. The van der Waals surface area contributed by atoms with Crippen LogP contribution in [0.25, 0.3) is 0 Å². The molecule has 0 saturated heterocycles. The van der Waals surface area contributed by atoms with E-state index >= 15 is 0 Å². The molecule has 2 unspecified atom stereocenters. The predicted octanol–water partition coefficient (Wildman–Crippen LogP) is 2.25. The summed E-state index contributed by atoms with van der Waals surface area (Å²) in [6, 6.07) is 0. The van der Waals surface area contributed by atoms with Gasteiger partial charge in [0.2, 0.25) is 0 Å². The summed E-state index contributed by atoms with van der Waals surface area (Å²) in [5.74, 6) is 0.434. The largest absolute Gasteiger partial charge is 0.390 e. The summed E-state index contributed by atoms with van der Waals surface area (Å²) in [7, 11) is 0. The van der Waals surface area contributed by atoms with Crippen molar-refractivity contribution < 1.29 is 15.3 Å². The number of aliphatic hydroxyl groups excluding tert-OH is 3. The second-order valence-electron chi connectivity index (χ2n) is 8.13. The molecule has 0 aliphatic heterocycles. The highest BCUT2D eigenvalue weighted by molar-refractivity contribution is 5.27. The molecule has 2 fully saturated rings. The maximum absolute atomic E-state index is 10.6. The average Bonchev–Trinajstić information content (AvgIpc) is 2.34. The van der Waals surface area contributed by atoms with Crippen molar-refractivity contribution >= 4 is 0 Å². The second kappa shape index (κ2) is 4.56. The van der Waals surface area contributed by atoms with Gasteiger partial charge < -0.3 is 15.3 Å². The van der Waals surface area contributed by atoms with Gasteiger partial charge in [0.25, 0.3) is 0 Å². The molecule has 114 valence electrons. The molecule has 0 aromatic carbocycles. The fraction of sp³-hybridized carbons (Fsp3) is 0.882. The van der Waals surface area contributed by atoms with Crippen LogP contribution in [0.1, 0.15) is 52.9 Å². The molecule has 0 bridgehead atoms. The Morgan fingerprint density at radius 3 is 2.50 bits per heavy atom. The van der Waals surface area contributed by atoms with Crippen molar-refractivity contribution in [3.63, 3.8) is 0 Å². The standard InChI is InChI=1S/C17H28O3/c1-16(2)7-4-8-17(3)13(16)6-5-10-11(18)9-12(19)15(20)14(10)17/h5,11-15,18-20H,4,6-9H2,1-3H3/t11-,12+,13-,14?,15+,17?/m1/s1. The third kappa shape index (κ3) is 1.90. The first kappa shape index (κ1) is 14.6. The van der Waals surface area contributed by atoms with Crippen LogP contribution < -0.4 is 0 Å². The first-order valence-corrected chi connectivity index (χ1v) is 8.01. The Balaban J connectivity index is 2.05. The third-order valence-corrected chi connectivity index (χ3v) is 6.52. The lowest BCUT2D eigenvalue weighted by Gasteiger charge is -2.59. The maximum Gasteiger partial charge on any atom is 0.0871 e. The van der Waals surface area contributed by atoms with Gasteiger partial charge in [0.15, 0.2) is 0 Å². The Labute approximate surface area is 121 Å². The Morgan fingerprint density at radius 2 is 1.80 bits per heavy atom. The van der Waals surface area contributed by atoms with Crippen LogP contribution in [0.4, 0.5) is 0 Å². The van der Waals surface area contributed by atoms with E-state index in [2.05, 4.69) is 26.8 Å². The summed E-state index contributed by atoms with van der Waals surface area (Å²) >= 11 is 0. The van der Waals surface area contributed by atoms with Gasteiger partial charge in [-0.2, -0.15) is 0 Å². The van der Waals surface area contributed by atoms with Crippen LogP contribution >= 0.6 is 0 Å². The van der Waals surface area contributed by atoms with Crippen molar-refractivity contribution in [1.82, 2.24) is 0 Å². The Morgan fingerprint density at radius 1 is 1.10 bits per heavy atom. The smallest absolute Gasteiger partial charge is 0.0871 e. The highest BCUT2D eigenvalue weighted by atomic mass is 16.3. The summed E-state index contributed by atoms with van der Waals surface area (Å²) in [4.78, 5) is 0. The Bertz CT molecular complexity index is 428. The molecule has 0 amide bonds. The summed E-state index contributed by atoms with van der Waals surface area (Å²) in [5.41, 5.74) is 1.25. The van der Waals surface area contributed by atoms with Crippen LogP contribution in [0.15, 0.2) is 11.6 Å². The van der Waals surface area contributed by atoms with Gasteiger partial charge in [-0.25, -0.2) is 0 Å². The summed E-state index contributed by atoms with van der Waals surface area (Å²) in [5, 5.41) is 30.9. The molecule has 3 rings (SSSR count). The maximum atomic E-state index is 10.6. The van der Waals surface area contributed by atoms with Crippen molar-refractivity contribution in [3.8, 4) is 0 Å². The molecule has 0 heterocycles. The molecule has 3 N–H and O–H groups in total. The molecular formula is C17H28O3. The van der Waals surface area contributed by atoms with E-state index in [1.807, 2.05) is 0 Å². The third-order valence-electron chi connectivity index (χ3n) is 6.52. The van der Waals surface area contributed by atoms with Gasteiger partial charge in [0, 0.05) is 12.3 Å². The lowest BCUT2D eigenvalue weighted by atomic mass is 9.46. The van der Waals surface area contributed by atoms with E-state index in [1.165, 1.54) is 12.8 Å². The molecule has 0 aromatic rings. The zero-order valence-corrected chi connectivity index (χ0v) is 12.8. The molecule has 20 heavy (non-hydrogen) atoms. The van der Waals surface area contributed by atoms with Crippen molar-refractivity contribution in [2.24, 2.45) is 22.7 Å². The number of aliphatic hydroxyl groups is 3. The van der Waals surface area contributed by atoms with E-state index in [0.29, 0.717) is 5.92 Å². The van der Waals surface area contributed by atoms with E-state index in [0.717, 1.165) is 18.4 Å². The first-order chi connectivity index (χ1) is 9.27. The minimum Gasteiger partial charge on any atom is -0.390 e. The van der Waals surface area contributed by atoms with Gasteiger partial charge >= 0.3 is 0 Å². The van der Waals surface area contributed by atoms with Crippen molar-refractivity contribution in [1.29, 1.82) is 0 Å². The molecule has 3 aliphatic rings. The van der Waals surface area contributed by atoms with Gasteiger partial charge in [-0.3, -0.25) is 0 Å². The highest BCUT2D eigenvalue weighted by Crippen LogP contribution is 2.61. The van der Waals surface area contributed by atoms with Crippen LogP contribution in [0.5, 0.6) is 0 Å². The monoisotopic (exact) mass is 280 g/mol. The SMILES string of the molecule is CC1(C)CCCC2(C)C3C(=CC[C@H]12)[C@H](O)C[C@H](O)[C@@H]3O. The van der Waals surface area contributed by atoms with Crippen LogP contribution in [0, 0.1) is 22.7 Å². The fourth-order valence-corrected chi connectivity index (χ4v) is 5.55. The topological polar surface area (TPSA) is 60.7 Å². The van der Waals surface area contributed by atoms with Gasteiger partial charge in [0.05, 0.1) is 18.3 Å². The number of hydrogen-bond donors (Lipinski definition) is 3. The van der Waals surface area contributed by atoms with E-state index in [-0.39, 0.29) is 23.2 Å². The molecule has 0 radical (unpaired) electrons. The lowest BCUT2D eigenvalue weighted by Crippen LogP contribution is -2.58. The second-order valence-corrected chi connectivity index (χ2v) is 8.13. The number of fused-ring (bicyclic) bond motifs is 3. The molecule has 0 spiro atoms. The highest BCUT2D eigenvalue weighted by Gasteiger charge is 2.57. The molecule has 3 heteroatoms. The zero-order valence-electron chi connectivity index (χ0n) is 12.8. The first-order valence-electron chi connectivity index (χ1n) is 8.01. The van der Waals surface area contributed by atoms with Crippen LogP contribution in [-0.4, -0.2) is 33.6 Å². The minimum absolute atomic E-state index is 0.00632. The van der Waals surface area contributed by atoms with E-state index in [4.69, 9.17) is 0 Å². The van der Waals surface area contributed by atoms with E-state index < -0.39 is 18.3 Å². The van der Waals surface area contributed by atoms with Gasteiger partial charge in [-0.1, -0.05) is 33.3 Å². The van der Waals surface area contributed by atoms with E-state index in [9.17, 15) is 15.3 Å². The fourth-order valence-electron chi connectivity index (χ4n) is 5.55. The quantitative estimate of drug-likeness (QED) is 0.596. The lowest BCUT2D eigenvalue weighted by molar-refractivity contribution is -0.134. The number of rotatable bonds is 0. The molecule has 3 aliphatic carbocycles. The average molecular weight is 280 g/mol. The molecule has 6 atom stereocenters. The predicted molar refractivity (Wildman–Crippen MR) is 78.1 cm³/mol. The van der Waals surface area contributed by atoms with Gasteiger partial charge in [-0.15, -0.1) is 0 Å². The Hall–Kier alpha value is -0.380. The summed E-state index contributed by atoms with van der Waals surface area (Å²) < 4.78 is 0. The summed E-state index contributed by atoms with van der Waals surface area (Å²) in [6.07, 6.45) is 4.79. The normalized spacial score (nSPS) is 50.9. The molecular weight excluding hydrogens is 252 g/mol. The van der Waals surface area contributed by atoms with Crippen LogP contribution in [-0.2, 0) is 0 Å². The van der Waals surface area contributed by atoms with Crippen LogP contribution in [0.2, 0.25) is 0 Å². The minimum atomic E-state index is -0.798. The van der Waals surface area contributed by atoms with Crippen molar-refractivity contribution in [2.45, 2.75) is 71.2 Å². The zero-order chi connectivity index (χ0) is 14.7. The molecule has 0 aromatic heterocycles. The van der Waals surface area contributed by atoms with E-state index in [1.54, 1.807) is 0 Å². The number of hydrogen-bond acceptors (Lipinski definition) is 3. The van der Waals surface area contributed by atoms with Crippen LogP contribution in [0.3, 0.4) is 0 Å². The van der Waals surface area contributed by atoms with Crippen molar-refractivity contribution in [3.05, 3.63) is 11.6 Å². The summed E-state index contributed by atoms with van der Waals surface area (Å²) in [6.45, 7) is 6.93. The number of allylic oxidation sites excluding steroid dienone is 1.